The first kappa shape index (κ1) is 26.1. The molecule has 0 aliphatic rings. The first-order valence-corrected chi connectivity index (χ1v) is 11.9. The Balaban J connectivity index is 1.58. The molecule has 0 atom stereocenters. The first-order chi connectivity index (χ1) is 16.6. The number of carbonyl (C=O) groups is 2. The van der Waals surface area contributed by atoms with E-state index in [2.05, 4.69) is 60.3 Å². The maximum atomic E-state index is 13.2. The van der Waals surface area contributed by atoms with Gasteiger partial charge in [-0.25, -0.2) is 8.78 Å². The highest BCUT2D eigenvalue weighted by atomic mass is 32.2. The van der Waals surface area contributed by atoms with E-state index in [0.717, 1.165) is 17.7 Å². The Morgan fingerprint density at radius 2 is 1.77 bits per heavy atom. The van der Waals surface area contributed by atoms with E-state index in [0.29, 0.717) is 17.5 Å². The molecule has 0 saturated heterocycles. The molecule has 3 aromatic rings. The summed E-state index contributed by atoms with van der Waals surface area (Å²) in [6, 6.07) is 11.1. The maximum absolute atomic E-state index is 13.2. The van der Waals surface area contributed by atoms with Crippen LogP contribution in [0.4, 0.5) is 14.5 Å². The minimum atomic E-state index is -1.07. The van der Waals surface area contributed by atoms with Gasteiger partial charge in [0.15, 0.2) is 22.6 Å². The minimum Gasteiger partial charge on any atom is -0.346 e. The van der Waals surface area contributed by atoms with Crippen LogP contribution in [0, 0.1) is 11.6 Å². The van der Waals surface area contributed by atoms with Gasteiger partial charge in [0.25, 0.3) is 0 Å². The minimum absolute atomic E-state index is 0.0106. The van der Waals surface area contributed by atoms with E-state index in [1.807, 2.05) is 16.7 Å². The molecule has 2 N–H and O–H groups in total. The highest BCUT2D eigenvalue weighted by Gasteiger charge is 2.17. The molecule has 0 aliphatic heterocycles. The van der Waals surface area contributed by atoms with Crippen LogP contribution < -0.4 is 10.6 Å². The van der Waals surface area contributed by atoms with Crippen molar-refractivity contribution in [2.75, 3.05) is 17.6 Å². The molecule has 7 nitrogen and oxygen atoms in total. The number of anilines is 1. The van der Waals surface area contributed by atoms with Crippen molar-refractivity contribution in [1.29, 1.82) is 0 Å². The number of thioether (sulfide) groups is 1. The molecular formula is C25H27F2N5O2S. The molecule has 0 unspecified atom stereocenters. The lowest BCUT2D eigenvalue weighted by Crippen LogP contribution is -2.34. The van der Waals surface area contributed by atoms with E-state index in [1.54, 1.807) is 6.08 Å². The third-order valence-corrected chi connectivity index (χ3v) is 5.99. The second-order valence-corrected chi connectivity index (χ2v) is 9.72. The summed E-state index contributed by atoms with van der Waals surface area (Å²) in [4.78, 5) is 24.2. The zero-order valence-electron chi connectivity index (χ0n) is 19.8. The van der Waals surface area contributed by atoms with Crippen molar-refractivity contribution in [1.82, 2.24) is 20.1 Å². The number of carbonyl (C=O) groups excluding carboxylic acids is 2. The van der Waals surface area contributed by atoms with Crippen LogP contribution in [0.1, 0.15) is 26.3 Å². The van der Waals surface area contributed by atoms with Crippen molar-refractivity contribution >= 4 is 29.3 Å². The van der Waals surface area contributed by atoms with Crippen molar-refractivity contribution < 1.29 is 18.4 Å². The highest BCUT2D eigenvalue weighted by Crippen LogP contribution is 2.27. The van der Waals surface area contributed by atoms with Crippen LogP contribution >= 0.6 is 11.8 Å². The summed E-state index contributed by atoms with van der Waals surface area (Å²) >= 11 is 1.18. The molecule has 3 rings (SSSR count). The summed E-state index contributed by atoms with van der Waals surface area (Å²) in [6.45, 7) is 10.4. The van der Waals surface area contributed by atoms with E-state index < -0.39 is 17.5 Å². The Kier molecular flexibility index (Phi) is 8.39. The number of aromatic nitrogens is 3. The smallest absolute Gasteiger partial charge is 0.243 e. The number of hydrogen-bond acceptors (Lipinski definition) is 5. The summed E-state index contributed by atoms with van der Waals surface area (Å²) in [6.07, 6.45) is 1.73. The average molecular weight is 500 g/mol. The van der Waals surface area contributed by atoms with Crippen molar-refractivity contribution in [3.63, 3.8) is 0 Å². The van der Waals surface area contributed by atoms with Gasteiger partial charge in [0.2, 0.25) is 11.8 Å². The van der Waals surface area contributed by atoms with Gasteiger partial charge in [-0.2, -0.15) is 0 Å². The third-order valence-electron chi connectivity index (χ3n) is 5.02. The van der Waals surface area contributed by atoms with Crippen molar-refractivity contribution in [2.24, 2.45) is 0 Å². The molecule has 0 aliphatic carbocycles. The molecule has 10 heteroatoms. The van der Waals surface area contributed by atoms with Crippen molar-refractivity contribution in [3.05, 3.63) is 72.3 Å². The summed E-state index contributed by atoms with van der Waals surface area (Å²) in [5.74, 6) is -2.36. The largest absolute Gasteiger partial charge is 0.346 e. The quantitative estimate of drug-likeness (QED) is 0.333. The first-order valence-electron chi connectivity index (χ1n) is 10.9. The molecule has 35 heavy (non-hydrogen) atoms. The van der Waals surface area contributed by atoms with E-state index in [4.69, 9.17) is 0 Å². The van der Waals surface area contributed by atoms with Crippen LogP contribution in [0.3, 0.4) is 0 Å². The zero-order chi connectivity index (χ0) is 25.6. The van der Waals surface area contributed by atoms with Crippen LogP contribution in [0.2, 0.25) is 0 Å². The van der Waals surface area contributed by atoms with Gasteiger partial charge in [0, 0.05) is 23.9 Å². The van der Waals surface area contributed by atoms with E-state index >= 15 is 0 Å². The van der Waals surface area contributed by atoms with E-state index in [-0.39, 0.29) is 29.3 Å². The topological polar surface area (TPSA) is 88.9 Å². The highest BCUT2D eigenvalue weighted by molar-refractivity contribution is 7.99. The van der Waals surface area contributed by atoms with Crippen LogP contribution in [0.15, 0.2) is 60.3 Å². The number of rotatable bonds is 9. The monoisotopic (exact) mass is 499 g/mol. The Morgan fingerprint density at radius 3 is 2.40 bits per heavy atom. The average Bonchev–Trinajstić information content (AvgIpc) is 3.21. The van der Waals surface area contributed by atoms with Crippen molar-refractivity contribution in [3.8, 4) is 11.4 Å². The Bertz CT molecular complexity index is 1220. The van der Waals surface area contributed by atoms with Gasteiger partial charge in [-0.1, -0.05) is 62.9 Å². The lowest BCUT2D eigenvalue weighted by molar-refractivity contribution is -0.122. The molecule has 184 valence electrons. The SMILES string of the molecule is C=CCn1c(SCC(=O)NCC(=O)Nc2ccc(F)c(F)c2)nnc1-c1ccc(C(C)(C)C)cc1. The number of benzene rings is 2. The number of amides is 2. The van der Waals surface area contributed by atoms with E-state index in [1.165, 1.54) is 23.4 Å². The summed E-state index contributed by atoms with van der Waals surface area (Å²) in [7, 11) is 0. The molecule has 0 bridgehead atoms. The van der Waals surface area contributed by atoms with Crippen LogP contribution in [0.25, 0.3) is 11.4 Å². The van der Waals surface area contributed by atoms with Crippen molar-refractivity contribution in [2.45, 2.75) is 37.9 Å². The molecule has 1 heterocycles. The summed E-state index contributed by atoms with van der Waals surface area (Å²) in [5, 5.41) is 14.0. The zero-order valence-corrected chi connectivity index (χ0v) is 20.6. The number of nitrogens with one attached hydrogen (secondary N) is 2. The number of hydrogen-bond donors (Lipinski definition) is 2. The third kappa shape index (κ3) is 6.98. The fourth-order valence-electron chi connectivity index (χ4n) is 3.16. The Morgan fingerprint density at radius 1 is 1.06 bits per heavy atom. The molecule has 0 spiro atoms. The summed E-state index contributed by atoms with van der Waals surface area (Å²) in [5.41, 5.74) is 2.24. The second kappa shape index (κ2) is 11.3. The standard InChI is InChI=1S/C25H27F2N5O2S/c1-5-12-32-23(16-6-8-17(9-7-16)25(2,3)4)30-31-24(32)35-15-22(34)28-14-21(33)29-18-10-11-19(26)20(27)13-18/h5-11,13H,1,12,14-15H2,2-4H3,(H,28,34)(H,29,33). The predicted octanol–water partition coefficient (Wildman–Crippen LogP) is 4.55. The molecule has 2 amide bonds. The fraction of sp³-hybridized carbons (Fsp3) is 0.280. The lowest BCUT2D eigenvalue weighted by atomic mass is 9.87. The molecule has 0 radical (unpaired) electrons. The van der Waals surface area contributed by atoms with Gasteiger partial charge in [0.05, 0.1) is 12.3 Å². The van der Waals surface area contributed by atoms with Gasteiger partial charge < -0.3 is 10.6 Å². The van der Waals surface area contributed by atoms with Crippen LogP contribution in [-0.4, -0.2) is 38.9 Å². The molecule has 1 aromatic heterocycles. The predicted molar refractivity (Wildman–Crippen MR) is 133 cm³/mol. The van der Waals surface area contributed by atoms with Gasteiger partial charge in [0.1, 0.15) is 0 Å². The normalized spacial score (nSPS) is 11.2. The molecule has 0 fully saturated rings. The molecule has 2 aromatic carbocycles. The van der Waals surface area contributed by atoms with Gasteiger partial charge in [-0.05, 0) is 23.1 Å². The lowest BCUT2D eigenvalue weighted by Gasteiger charge is -2.19. The second-order valence-electron chi connectivity index (χ2n) is 8.78. The maximum Gasteiger partial charge on any atom is 0.243 e. The summed E-state index contributed by atoms with van der Waals surface area (Å²) < 4.78 is 28.1. The van der Waals surface area contributed by atoms with Gasteiger partial charge in [-0.3, -0.25) is 14.2 Å². The molecule has 0 saturated carbocycles. The number of allylic oxidation sites excluding steroid dienone is 1. The Hall–Kier alpha value is -3.53. The number of halogens is 2. The van der Waals surface area contributed by atoms with Gasteiger partial charge in [-0.15, -0.1) is 16.8 Å². The van der Waals surface area contributed by atoms with Crippen LogP contribution in [0.5, 0.6) is 0 Å². The number of nitrogens with zero attached hydrogens (tertiary/aromatic N) is 3. The molecular weight excluding hydrogens is 472 g/mol. The fourth-order valence-corrected chi connectivity index (χ4v) is 3.94. The Labute approximate surface area is 207 Å². The van der Waals surface area contributed by atoms with Gasteiger partial charge >= 0.3 is 0 Å². The van der Waals surface area contributed by atoms with Crippen LogP contribution in [-0.2, 0) is 21.5 Å². The van der Waals surface area contributed by atoms with E-state index in [9.17, 15) is 18.4 Å².